The molecule has 8 heteroatoms. The van der Waals surface area contributed by atoms with Gasteiger partial charge in [-0.3, -0.25) is 14.7 Å². The number of rotatable bonds is 8. The van der Waals surface area contributed by atoms with Crippen LogP contribution in [0.25, 0.3) is 0 Å². The third kappa shape index (κ3) is 4.00. The number of hydrogen-bond acceptors (Lipinski definition) is 4. The summed E-state index contributed by atoms with van der Waals surface area (Å²) in [6.45, 7) is 13.8. The van der Waals surface area contributed by atoms with E-state index in [9.17, 15) is 9.59 Å². The summed E-state index contributed by atoms with van der Waals surface area (Å²) in [5.74, 6) is 0.561. The maximum atomic E-state index is 13.8. The number of nitrogens with zero attached hydrogens (tertiary/aromatic N) is 2. The lowest BCUT2D eigenvalue weighted by Crippen LogP contribution is -2.52. The van der Waals surface area contributed by atoms with Crippen molar-refractivity contribution >= 4 is 25.7 Å². The number of hydrogen-bond donors (Lipinski definition) is 2. The van der Waals surface area contributed by atoms with Crippen molar-refractivity contribution in [2.45, 2.75) is 89.3 Å². The molecule has 184 valence electrons. The van der Waals surface area contributed by atoms with E-state index < -0.39 is 19.7 Å². The largest absolute Gasteiger partial charge is 0.364 e. The molecular weight excluding hydrogens is 444 g/mol. The van der Waals surface area contributed by atoms with Gasteiger partial charge in [0.25, 0.3) is 5.91 Å². The van der Waals surface area contributed by atoms with Crippen molar-refractivity contribution in [3.05, 3.63) is 47.2 Å². The molecule has 1 aliphatic heterocycles. The average molecular weight is 483 g/mol. The van der Waals surface area contributed by atoms with Crippen molar-refractivity contribution in [3.63, 3.8) is 0 Å². The van der Waals surface area contributed by atoms with Crippen LogP contribution in [0.15, 0.2) is 30.3 Å². The fourth-order valence-corrected chi connectivity index (χ4v) is 7.96. The molecule has 1 atom stereocenters. The Kier molecular flexibility index (Phi) is 6.50. The highest BCUT2D eigenvalue weighted by molar-refractivity contribution is 6.83. The number of carbonyl (C=O) groups excluding carboxylic acids is 2. The molecule has 1 aliphatic carbocycles. The minimum Gasteiger partial charge on any atom is -0.364 e. The number of fused-ring (bicyclic) bond motifs is 1. The standard InChI is InChI=1S/C26H38N4O3Si/c1-7-16-33-20(18-12-9-8-10-13-18)23(31)30-17-19-21(25(30,2)3)28-29-22(19)27-24(32)26(14-11-15-26)34(4,5)6/h8-10,12-13,20H,7,11,14-17H2,1-6H3,(H2,27,28,29,32)/t20-/m1/s1. The highest BCUT2D eigenvalue weighted by Crippen LogP contribution is 2.56. The molecule has 1 aromatic heterocycles. The second-order valence-electron chi connectivity index (χ2n) is 11.2. The first-order valence-corrected chi connectivity index (χ1v) is 15.9. The normalized spacial score (nSPS) is 19.3. The first kappa shape index (κ1) is 24.7. The first-order valence-electron chi connectivity index (χ1n) is 12.4. The lowest BCUT2D eigenvalue weighted by molar-refractivity contribution is -0.150. The fraction of sp³-hybridized carbons (Fsp3) is 0.577. The molecule has 2 aromatic rings. The summed E-state index contributed by atoms with van der Waals surface area (Å²) in [5.41, 5.74) is 2.01. The minimum absolute atomic E-state index is 0.0795. The Morgan fingerprint density at radius 3 is 2.44 bits per heavy atom. The molecule has 1 saturated carbocycles. The van der Waals surface area contributed by atoms with Crippen LogP contribution >= 0.6 is 0 Å². The van der Waals surface area contributed by atoms with Crippen LogP contribution in [0.1, 0.15) is 69.4 Å². The van der Waals surface area contributed by atoms with Gasteiger partial charge in [0.05, 0.1) is 25.9 Å². The van der Waals surface area contributed by atoms with Crippen LogP contribution in [-0.4, -0.2) is 41.6 Å². The number of anilines is 1. The fourth-order valence-electron chi connectivity index (χ4n) is 5.36. The second kappa shape index (κ2) is 8.96. The zero-order valence-electron chi connectivity index (χ0n) is 21.3. The Balaban J connectivity index is 1.59. The van der Waals surface area contributed by atoms with Gasteiger partial charge in [-0.1, -0.05) is 63.3 Å². The summed E-state index contributed by atoms with van der Waals surface area (Å²) >= 11 is 0. The van der Waals surface area contributed by atoms with E-state index in [0.29, 0.717) is 19.0 Å². The van der Waals surface area contributed by atoms with Crippen molar-refractivity contribution in [2.24, 2.45) is 0 Å². The van der Waals surface area contributed by atoms with Crippen LogP contribution in [0.4, 0.5) is 5.82 Å². The van der Waals surface area contributed by atoms with Gasteiger partial charge in [0.1, 0.15) is 0 Å². The maximum absolute atomic E-state index is 13.8. The molecule has 0 radical (unpaired) electrons. The predicted molar refractivity (Wildman–Crippen MR) is 136 cm³/mol. The molecule has 2 N–H and O–H groups in total. The van der Waals surface area contributed by atoms with Gasteiger partial charge in [0.2, 0.25) is 5.91 Å². The highest BCUT2D eigenvalue weighted by atomic mass is 28.3. The van der Waals surface area contributed by atoms with Crippen LogP contribution in [0, 0.1) is 0 Å². The number of benzene rings is 1. The summed E-state index contributed by atoms with van der Waals surface area (Å²) in [6, 6.07) is 9.65. The third-order valence-electron chi connectivity index (χ3n) is 7.86. The molecule has 0 spiro atoms. The van der Waals surface area contributed by atoms with Crippen molar-refractivity contribution < 1.29 is 14.3 Å². The zero-order valence-corrected chi connectivity index (χ0v) is 22.3. The number of amides is 2. The lowest BCUT2D eigenvalue weighted by atomic mass is 9.83. The van der Waals surface area contributed by atoms with Gasteiger partial charge >= 0.3 is 0 Å². The topological polar surface area (TPSA) is 87.3 Å². The quantitative estimate of drug-likeness (QED) is 0.496. The van der Waals surface area contributed by atoms with Gasteiger partial charge in [-0.05, 0) is 38.7 Å². The Morgan fingerprint density at radius 2 is 1.88 bits per heavy atom. The Bertz CT molecular complexity index is 1050. The van der Waals surface area contributed by atoms with Crippen LogP contribution in [-0.2, 0) is 26.4 Å². The van der Waals surface area contributed by atoms with Crippen molar-refractivity contribution in [2.75, 3.05) is 11.9 Å². The molecule has 7 nitrogen and oxygen atoms in total. The number of ether oxygens (including phenoxy) is 1. The monoisotopic (exact) mass is 482 g/mol. The van der Waals surface area contributed by atoms with Crippen LogP contribution < -0.4 is 5.32 Å². The Morgan fingerprint density at radius 1 is 1.21 bits per heavy atom. The zero-order chi connectivity index (χ0) is 24.7. The molecular formula is C26H38N4O3Si. The van der Waals surface area contributed by atoms with E-state index in [-0.39, 0.29) is 16.9 Å². The highest BCUT2D eigenvalue weighted by Gasteiger charge is 2.54. The third-order valence-corrected chi connectivity index (χ3v) is 11.5. The summed E-state index contributed by atoms with van der Waals surface area (Å²) in [6.07, 6.45) is 3.17. The molecule has 1 fully saturated rings. The Labute approximate surface area is 203 Å². The average Bonchev–Trinajstić information content (AvgIpc) is 3.25. The number of aromatic amines is 1. The molecule has 34 heavy (non-hydrogen) atoms. The Hall–Kier alpha value is -2.45. The van der Waals surface area contributed by atoms with Gasteiger partial charge in [-0.2, -0.15) is 5.10 Å². The second-order valence-corrected chi connectivity index (χ2v) is 16.7. The molecule has 2 amide bonds. The van der Waals surface area contributed by atoms with Crippen LogP contribution in [0.2, 0.25) is 24.7 Å². The van der Waals surface area contributed by atoms with Gasteiger partial charge in [0, 0.05) is 17.2 Å². The molecule has 4 rings (SSSR count). The van der Waals surface area contributed by atoms with E-state index in [0.717, 1.165) is 42.5 Å². The number of carbonyl (C=O) groups is 2. The molecule has 0 unspecified atom stereocenters. The number of aromatic nitrogens is 2. The van der Waals surface area contributed by atoms with Crippen molar-refractivity contribution in [3.8, 4) is 0 Å². The molecule has 2 heterocycles. The predicted octanol–water partition coefficient (Wildman–Crippen LogP) is 5.36. The number of nitrogens with one attached hydrogen (secondary N) is 2. The molecule has 0 saturated heterocycles. The van der Waals surface area contributed by atoms with Crippen LogP contribution in [0.3, 0.4) is 0 Å². The van der Waals surface area contributed by atoms with Crippen LogP contribution in [0.5, 0.6) is 0 Å². The van der Waals surface area contributed by atoms with Gasteiger partial charge < -0.3 is 15.0 Å². The maximum Gasteiger partial charge on any atom is 0.257 e. The van der Waals surface area contributed by atoms with Gasteiger partial charge in [-0.15, -0.1) is 0 Å². The summed E-state index contributed by atoms with van der Waals surface area (Å²) in [5, 5.41) is 10.5. The van der Waals surface area contributed by atoms with Gasteiger partial charge in [-0.25, -0.2) is 0 Å². The summed E-state index contributed by atoms with van der Waals surface area (Å²) in [7, 11) is -1.70. The van der Waals surface area contributed by atoms with E-state index in [2.05, 4.69) is 35.2 Å². The van der Waals surface area contributed by atoms with Crippen molar-refractivity contribution in [1.82, 2.24) is 15.1 Å². The minimum atomic E-state index is -1.70. The lowest BCUT2D eigenvalue weighted by Gasteiger charge is -2.48. The summed E-state index contributed by atoms with van der Waals surface area (Å²) in [4.78, 5) is 29.1. The molecule has 1 aromatic carbocycles. The van der Waals surface area contributed by atoms with Crippen molar-refractivity contribution in [1.29, 1.82) is 0 Å². The SMILES string of the molecule is CCCO[C@@H](C(=O)N1Cc2c(NC(=O)C3([Si](C)(C)C)CCC3)n[nH]c2C1(C)C)c1ccccc1. The summed E-state index contributed by atoms with van der Waals surface area (Å²) < 4.78 is 6.04. The van der Waals surface area contributed by atoms with E-state index >= 15 is 0 Å². The van der Waals surface area contributed by atoms with E-state index in [1.807, 2.05) is 56.0 Å². The van der Waals surface area contributed by atoms with Gasteiger partial charge in [0.15, 0.2) is 11.9 Å². The molecule has 0 bridgehead atoms. The molecule has 2 aliphatic rings. The smallest absolute Gasteiger partial charge is 0.257 e. The number of H-pyrrole nitrogens is 1. The first-order chi connectivity index (χ1) is 16.0. The van der Waals surface area contributed by atoms with E-state index in [4.69, 9.17) is 4.74 Å². The van der Waals surface area contributed by atoms with E-state index in [1.54, 1.807) is 0 Å². The van der Waals surface area contributed by atoms with E-state index in [1.165, 1.54) is 0 Å².